The first-order valence-corrected chi connectivity index (χ1v) is 5.74. The van der Waals surface area contributed by atoms with E-state index in [9.17, 15) is 4.79 Å². The zero-order valence-electron chi connectivity index (χ0n) is 10.2. The van der Waals surface area contributed by atoms with E-state index in [-0.39, 0.29) is 5.97 Å². The van der Waals surface area contributed by atoms with Gasteiger partial charge in [-0.05, 0) is 18.2 Å². The second kappa shape index (κ2) is 6.02. The van der Waals surface area contributed by atoms with Crippen LogP contribution < -0.4 is 5.32 Å². The van der Waals surface area contributed by atoms with Crippen molar-refractivity contribution in [3.05, 3.63) is 42.0 Å². The minimum absolute atomic E-state index is 0.349. The second-order valence-electron chi connectivity index (χ2n) is 3.83. The smallest absolute Gasteiger partial charge is 0.354 e. The number of carbonyl (C=O) groups is 1. The molecular formula is C12H16N4O2. The van der Waals surface area contributed by atoms with Crippen molar-refractivity contribution in [2.75, 3.05) is 13.7 Å². The average Bonchev–Trinajstić information content (AvgIpc) is 3.05. The number of esters is 1. The fourth-order valence-electron chi connectivity index (χ4n) is 1.62. The molecule has 96 valence electrons. The number of methoxy groups -OCH3 is 1. The molecule has 6 nitrogen and oxygen atoms in total. The molecule has 18 heavy (non-hydrogen) atoms. The highest BCUT2D eigenvalue weighted by Crippen LogP contribution is 2.02. The Labute approximate surface area is 105 Å². The van der Waals surface area contributed by atoms with Crippen LogP contribution in [0.3, 0.4) is 0 Å². The lowest BCUT2D eigenvalue weighted by atomic mass is 10.4. The molecule has 0 aliphatic rings. The van der Waals surface area contributed by atoms with Crippen molar-refractivity contribution in [3.8, 4) is 0 Å². The first kappa shape index (κ1) is 12.4. The van der Waals surface area contributed by atoms with Gasteiger partial charge in [0.25, 0.3) is 0 Å². The third kappa shape index (κ3) is 3.21. The van der Waals surface area contributed by atoms with E-state index >= 15 is 0 Å². The zero-order chi connectivity index (χ0) is 12.8. The highest BCUT2D eigenvalue weighted by molar-refractivity contribution is 5.87. The van der Waals surface area contributed by atoms with E-state index in [0.717, 1.165) is 18.8 Å². The van der Waals surface area contributed by atoms with Gasteiger partial charge in [-0.25, -0.2) is 4.79 Å². The molecule has 0 radical (unpaired) electrons. The summed E-state index contributed by atoms with van der Waals surface area (Å²) in [5.74, 6) is -0.349. The van der Waals surface area contributed by atoms with Gasteiger partial charge in [-0.3, -0.25) is 4.68 Å². The molecule has 2 rings (SSSR count). The Kier molecular flexibility index (Phi) is 4.14. The van der Waals surface area contributed by atoms with E-state index in [1.165, 1.54) is 7.11 Å². The van der Waals surface area contributed by atoms with Crippen LogP contribution in [0.25, 0.3) is 0 Å². The zero-order valence-corrected chi connectivity index (χ0v) is 10.2. The molecular weight excluding hydrogens is 232 g/mol. The Bertz CT molecular complexity index is 490. The van der Waals surface area contributed by atoms with Gasteiger partial charge in [-0.15, -0.1) is 0 Å². The van der Waals surface area contributed by atoms with E-state index in [4.69, 9.17) is 0 Å². The fraction of sp³-hybridized carbons (Fsp3) is 0.333. The lowest BCUT2D eigenvalue weighted by Crippen LogP contribution is -2.20. The van der Waals surface area contributed by atoms with Crippen molar-refractivity contribution in [1.29, 1.82) is 0 Å². The van der Waals surface area contributed by atoms with E-state index in [2.05, 4.69) is 20.1 Å². The molecule has 2 aromatic rings. The molecule has 0 fully saturated rings. The number of nitrogens with zero attached hydrogens (tertiary/aromatic N) is 2. The molecule has 0 bridgehead atoms. The lowest BCUT2D eigenvalue weighted by molar-refractivity contribution is 0.0594. The van der Waals surface area contributed by atoms with Crippen molar-refractivity contribution >= 4 is 5.97 Å². The Morgan fingerprint density at radius 3 is 3.17 bits per heavy atom. The number of H-pyrrole nitrogens is 1. The van der Waals surface area contributed by atoms with Crippen LogP contribution in [-0.2, 0) is 17.8 Å². The minimum atomic E-state index is -0.349. The van der Waals surface area contributed by atoms with E-state index in [1.54, 1.807) is 12.3 Å². The van der Waals surface area contributed by atoms with Gasteiger partial charge in [-0.1, -0.05) is 0 Å². The molecule has 0 saturated carbocycles. The summed E-state index contributed by atoms with van der Waals surface area (Å²) in [7, 11) is 1.37. The van der Waals surface area contributed by atoms with Crippen LogP contribution in [0.4, 0.5) is 0 Å². The van der Waals surface area contributed by atoms with E-state index < -0.39 is 0 Å². The van der Waals surface area contributed by atoms with E-state index in [0.29, 0.717) is 12.2 Å². The predicted octanol–water partition coefficient (Wildman–Crippen LogP) is 0.788. The monoisotopic (exact) mass is 248 g/mol. The minimum Gasteiger partial charge on any atom is -0.464 e. The van der Waals surface area contributed by atoms with Gasteiger partial charge in [0, 0.05) is 31.2 Å². The molecule has 0 spiro atoms. The average molecular weight is 248 g/mol. The molecule has 0 aromatic carbocycles. The molecule has 0 aliphatic carbocycles. The summed E-state index contributed by atoms with van der Waals surface area (Å²) in [6, 6.07) is 5.48. The number of hydrogen-bond acceptors (Lipinski definition) is 4. The maximum atomic E-state index is 11.2. The topological polar surface area (TPSA) is 71.9 Å². The fourth-order valence-corrected chi connectivity index (χ4v) is 1.62. The summed E-state index contributed by atoms with van der Waals surface area (Å²) in [5.41, 5.74) is 1.43. The maximum Gasteiger partial charge on any atom is 0.354 e. The van der Waals surface area contributed by atoms with Crippen LogP contribution in [0.5, 0.6) is 0 Å². The van der Waals surface area contributed by atoms with Crippen LogP contribution in [-0.4, -0.2) is 34.4 Å². The summed E-state index contributed by atoms with van der Waals surface area (Å²) in [5, 5.41) is 7.37. The number of aromatic amines is 1. The van der Waals surface area contributed by atoms with Gasteiger partial charge < -0.3 is 15.0 Å². The van der Waals surface area contributed by atoms with Crippen molar-refractivity contribution in [2.45, 2.75) is 13.1 Å². The third-order valence-corrected chi connectivity index (χ3v) is 2.54. The second-order valence-corrected chi connectivity index (χ2v) is 3.83. The van der Waals surface area contributed by atoms with Gasteiger partial charge in [0.2, 0.25) is 0 Å². The molecule has 2 N–H and O–H groups in total. The lowest BCUT2D eigenvalue weighted by Gasteiger charge is -2.03. The third-order valence-electron chi connectivity index (χ3n) is 2.54. The SMILES string of the molecule is COC(=O)c1ccc(CNCCn2cccn2)[nH]1. The van der Waals surface area contributed by atoms with Crippen molar-refractivity contribution in [2.24, 2.45) is 0 Å². The Hall–Kier alpha value is -2.08. The molecule has 0 saturated heterocycles. The number of rotatable bonds is 6. The Balaban J connectivity index is 1.73. The predicted molar refractivity (Wildman–Crippen MR) is 66.1 cm³/mol. The normalized spacial score (nSPS) is 10.5. The Morgan fingerprint density at radius 2 is 2.44 bits per heavy atom. The van der Waals surface area contributed by atoms with Crippen LogP contribution in [0.2, 0.25) is 0 Å². The summed E-state index contributed by atoms with van der Waals surface area (Å²) in [6.07, 6.45) is 3.68. The number of aromatic nitrogens is 3. The van der Waals surface area contributed by atoms with Crippen LogP contribution >= 0.6 is 0 Å². The summed E-state index contributed by atoms with van der Waals surface area (Å²) in [6.45, 7) is 2.31. The van der Waals surface area contributed by atoms with Gasteiger partial charge in [0.15, 0.2) is 0 Å². The van der Waals surface area contributed by atoms with Gasteiger partial charge in [0.1, 0.15) is 5.69 Å². The van der Waals surface area contributed by atoms with Crippen LogP contribution in [0, 0.1) is 0 Å². The van der Waals surface area contributed by atoms with Gasteiger partial charge >= 0.3 is 5.97 Å². The van der Waals surface area contributed by atoms with Crippen molar-refractivity contribution in [3.63, 3.8) is 0 Å². The first-order chi connectivity index (χ1) is 8.79. The Morgan fingerprint density at radius 1 is 1.56 bits per heavy atom. The number of ether oxygens (including phenoxy) is 1. The summed E-state index contributed by atoms with van der Waals surface area (Å²) < 4.78 is 6.48. The van der Waals surface area contributed by atoms with E-state index in [1.807, 2.05) is 23.0 Å². The molecule has 0 atom stereocenters. The number of hydrogen-bond donors (Lipinski definition) is 2. The molecule has 6 heteroatoms. The highest BCUT2D eigenvalue weighted by atomic mass is 16.5. The summed E-state index contributed by atoms with van der Waals surface area (Å²) >= 11 is 0. The molecule has 0 amide bonds. The number of carbonyl (C=O) groups excluding carboxylic acids is 1. The van der Waals surface area contributed by atoms with Gasteiger partial charge in [0.05, 0.1) is 13.7 Å². The van der Waals surface area contributed by atoms with Gasteiger partial charge in [-0.2, -0.15) is 5.10 Å². The van der Waals surface area contributed by atoms with Crippen molar-refractivity contribution < 1.29 is 9.53 Å². The maximum absolute atomic E-state index is 11.2. The first-order valence-electron chi connectivity index (χ1n) is 5.74. The molecule has 0 aliphatic heterocycles. The summed E-state index contributed by atoms with van der Waals surface area (Å²) in [4.78, 5) is 14.2. The molecule has 2 aromatic heterocycles. The molecule has 0 unspecified atom stereocenters. The van der Waals surface area contributed by atoms with Crippen LogP contribution in [0.15, 0.2) is 30.6 Å². The highest BCUT2D eigenvalue weighted by Gasteiger charge is 2.07. The largest absolute Gasteiger partial charge is 0.464 e. The number of nitrogens with one attached hydrogen (secondary N) is 2. The quantitative estimate of drug-likeness (QED) is 0.585. The van der Waals surface area contributed by atoms with Crippen LogP contribution in [0.1, 0.15) is 16.2 Å². The molecule has 2 heterocycles. The van der Waals surface area contributed by atoms with Crippen molar-refractivity contribution in [1.82, 2.24) is 20.1 Å². The standard InChI is InChI=1S/C12H16N4O2/c1-18-12(17)11-4-3-10(15-11)9-13-6-8-16-7-2-5-14-16/h2-5,7,13,15H,6,8-9H2,1H3.